The van der Waals surface area contributed by atoms with Crippen LogP contribution in [0.25, 0.3) is 0 Å². The molecule has 1 aromatic rings. The molecule has 0 bridgehead atoms. The van der Waals surface area contributed by atoms with Crippen LogP contribution in [0.1, 0.15) is 70.8 Å². The van der Waals surface area contributed by atoms with E-state index in [2.05, 4.69) is 12.3 Å². The number of esters is 1. The molecule has 0 aliphatic carbocycles. The number of carboxylic acids is 1. The molecule has 4 amide bonds. The van der Waals surface area contributed by atoms with Crippen molar-refractivity contribution in [1.29, 1.82) is 0 Å². The maximum atomic E-state index is 12.0. The predicted molar refractivity (Wildman–Crippen MR) is 132 cm³/mol. The zero-order chi connectivity index (χ0) is 27.0. The summed E-state index contributed by atoms with van der Waals surface area (Å²) in [7, 11) is 0. The van der Waals surface area contributed by atoms with Gasteiger partial charge in [-0.05, 0) is 25.3 Å². The Hall–Kier alpha value is -3.31. The van der Waals surface area contributed by atoms with E-state index >= 15 is 0 Å². The summed E-state index contributed by atoms with van der Waals surface area (Å²) in [5.41, 5.74) is 1.83. The summed E-state index contributed by atoms with van der Waals surface area (Å²) in [6, 6.07) is 8.30. The first kappa shape index (κ1) is 30.7. The van der Waals surface area contributed by atoms with E-state index in [4.69, 9.17) is 15.7 Å². The molecule has 1 saturated heterocycles. The van der Waals surface area contributed by atoms with E-state index in [0.717, 1.165) is 37.7 Å². The SMILES string of the molecule is CCCCCCCCC1(CC(=O)O)C(=O)NC(=O)NC1=O.CCOC(=O)C(Cc1ccccc1)NN. The average molecular weight is 507 g/mol. The second-order valence-corrected chi connectivity index (χ2v) is 8.57. The van der Waals surface area contributed by atoms with Crippen LogP contribution in [0.4, 0.5) is 4.79 Å². The molecule has 11 heteroatoms. The molecular formula is C25H38N4O7. The number of rotatable bonds is 14. The van der Waals surface area contributed by atoms with Crippen LogP contribution in [-0.2, 0) is 30.3 Å². The van der Waals surface area contributed by atoms with E-state index in [0.29, 0.717) is 19.4 Å². The minimum absolute atomic E-state index is 0.135. The highest BCUT2D eigenvalue weighted by molar-refractivity contribution is 6.20. The Morgan fingerprint density at radius 2 is 1.58 bits per heavy atom. The van der Waals surface area contributed by atoms with Crippen molar-refractivity contribution in [1.82, 2.24) is 16.1 Å². The molecule has 1 fully saturated rings. The number of hydrogen-bond donors (Lipinski definition) is 5. The number of hydrazine groups is 1. The number of urea groups is 1. The number of benzene rings is 1. The van der Waals surface area contributed by atoms with E-state index in [9.17, 15) is 24.0 Å². The first-order chi connectivity index (χ1) is 17.2. The van der Waals surface area contributed by atoms with Gasteiger partial charge in [-0.1, -0.05) is 75.8 Å². The van der Waals surface area contributed by atoms with Crippen molar-refractivity contribution >= 4 is 29.8 Å². The van der Waals surface area contributed by atoms with E-state index < -0.39 is 41.7 Å². The molecule has 1 unspecified atom stereocenters. The topological polar surface area (TPSA) is 177 Å². The molecule has 11 nitrogen and oxygen atoms in total. The number of nitrogens with two attached hydrogens (primary N) is 1. The summed E-state index contributed by atoms with van der Waals surface area (Å²) >= 11 is 0. The summed E-state index contributed by atoms with van der Waals surface area (Å²) < 4.78 is 4.89. The molecular weight excluding hydrogens is 468 g/mol. The van der Waals surface area contributed by atoms with Gasteiger partial charge in [-0.2, -0.15) is 0 Å². The van der Waals surface area contributed by atoms with Crippen molar-refractivity contribution in [2.45, 2.75) is 77.7 Å². The number of carbonyl (C=O) groups is 5. The van der Waals surface area contributed by atoms with Gasteiger partial charge >= 0.3 is 18.0 Å². The highest BCUT2D eigenvalue weighted by Gasteiger charge is 2.51. The lowest BCUT2D eigenvalue weighted by Crippen LogP contribution is -2.62. The zero-order valence-electron chi connectivity index (χ0n) is 21.0. The Morgan fingerprint density at radius 1 is 1.00 bits per heavy atom. The molecule has 1 aliphatic rings. The Kier molecular flexibility index (Phi) is 14.0. The third-order valence-corrected chi connectivity index (χ3v) is 5.79. The molecule has 0 saturated carbocycles. The van der Waals surface area contributed by atoms with Crippen LogP contribution < -0.4 is 21.9 Å². The van der Waals surface area contributed by atoms with Crippen LogP contribution in [0.15, 0.2) is 30.3 Å². The number of amides is 4. The van der Waals surface area contributed by atoms with Crippen LogP contribution in [0.2, 0.25) is 0 Å². The Morgan fingerprint density at radius 3 is 2.11 bits per heavy atom. The van der Waals surface area contributed by atoms with Crippen molar-refractivity contribution in [3.8, 4) is 0 Å². The monoisotopic (exact) mass is 506 g/mol. The van der Waals surface area contributed by atoms with Crippen molar-refractivity contribution in [3.05, 3.63) is 35.9 Å². The molecule has 0 aromatic heterocycles. The molecule has 1 aliphatic heterocycles. The number of ether oxygens (including phenoxy) is 1. The molecule has 6 N–H and O–H groups in total. The number of barbiturate groups is 1. The van der Waals surface area contributed by atoms with Crippen LogP contribution >= 0.6 is 0 Å². The number of carboxylic acid groups (broad SMARTS) is 1. The summed E-state index contributed by atoms with van der Waals surface area (Å²) in [6.45, 7) is 4.25. The molecule has 1 heterocycles. The van der Waals surface area contributed by atoms with E-state index in [1.165, 1.54) is 0 Å². The molecule has 2 rings (SSSR count). The molecule has 36 heavy (non-hydrogen) atoms. The number of imide groups is 2. The van der Waals surface area contributed by atoms with Gasteiger partial charge in [0.25, 0.3) is 0 Å². The summed E-state index contributed by atoms with van der Waals surface area (Å²) in [5.74, 6) is 2.12. The van der Waals surface area contributed by atoms with Gasteiger partial charge in [-0.25, -0.2) is 10.2 Å². The van der Waals surface area contributed by atoms with Gasteiger partial charge in [0.2, 0.25) is 11.8 Å². The smallest absolute Gasteiger partial charge is 0.328 e. The van der Waals surface area contributed by atoms with E-state index in [1.807, 2.05) is 41.0 Å². The lowest BCUT2D eigenvalue weighted by molar-refractivity contribution is -0.154. The molecule has 0 spiro atoms. The number of unbranched alkanes of at least 4 members (excludes halogenated alkanes) is 5. The van der Waals surface area contributed by atoms with Crippen molar-refractivity contribution < 1.29 is 33.8 Å². The van der Waals surface area contributed by atoms with Gasteiger partial charge in [0, 0.05) is 0 Å². The van der Waals surface area contributed by atoms with Crippen LogP contribution in [0.3, 0.4) is 0 Å². The zero-order valence-corrected chi connectivity index (χ0v) is 21.0. The van der Waals surface area contributed by atoms with E-state index in [1.54, 1.807) is 6.92 Å². The van der Waals surface area contributed by atoms with Gasteiger partial charge in [0.15, 0.2) is 0 Å². The van der Waals surface area contributed by atoms with Gasteiger partial charge in [-0.3, -0.25) is 35.7 Å². The lowest BCUT2D eigenvalue weighted by Gasteiger charge is -2.32. The van der Waals surface area contributed by atoms with Crippen LogP contribution in [0, 0.1) is 5.41 Å². The maximum absolute atomic E-state index is 12.0. The first-order valence-corrected chi connectivity index (χ1v) is 12.3. The summed E-state index contributed by atoms with van der Waals surface area (Å²) in [6.07, 6.45) is 5.80. The van der Waals surface area contributed by atoms with Crippen LogP contribution in [-0.4, -0.2) is 47.5 Å². The summed E-state index contributed by atoms with van der Waals surface area (Å²) in [4.78, 5) is 57.4. The minimum atomic E-state index is -1.68. The minimum Gasteiger partial charge on any atom is -0.481 e. The fraction of sp³-hybridized carbons (Fsp3) is 0.560. The average Bonchev–Trinajstić information content (AvgIpc) is 2.83. The Balaban J connectivity index is 0.000000381. The molecule has 1 aromatic carbocycles. The van der Waals surface area contributed by atoms with Crippen molar-refractivity contribution in [2.75, 3.05) is 6.61 Å². The third-order valence-electron chi connectivity index (χ3n) is 5.79. The second kappa shape index (κ2) is 16.4. The number of carbonyl (C=O) groups excluding carboxylic acids is 4. The van der Waals surface area contributed by atoms with Crippen LogP contribution in [0.5, 0.6) is 0 Å². The molecule has 0 radical (unpaired) electrons. The number of aliphatic carboxylic acids is 1. The standard InChI is InChI=1S/C14H22N2O5.C11H16N2O2/c1-2-3-4-5-6-7-8-14(9-10(17)18)11(19)15-13(21)16-12(14)20;1-2-15-11(14)10(13-12)8-9-6-4-3-5-7-9/h2-9H2,1H3,(H,17,18)(H2,15,16,19,20,21);3-7,10,13H,2,8,12H2,1H3. The number of hydrogen-bond acceptors (Lipinski definition) is 8. The Bertz CT molecular complexity index is 856. The first-order valence-electron chi connectivity index (χ1n) is 12.3. The van der Waals surface area contributed by atoms with Gasteiger partial charge in [-0.15, -0.1) is 0 Å². The van der Waals surface area contributed by atoms with Gasteiger partial charge in [0.05, 0.1) is 13.0 Å². The normalized spacial score (nSPS) is 15.1. The summed E-state index contributed by atoms with van der Waals surface area (Å²) in [5, 5.41) is 12.9. The third kappa shape index (κ3) is 10.1. The quantitative estimate of drug-likeness (QED) is 0.0832. The fourth-order valence-electron chi connectivity index (χ4n) is 3.82. The van der Waals surface area contributed by atoms with Crippen molar-refractivity contribution in [3.63, 3.8) is 0 Å². The highest BCUT2D eigenvalue weighted by atomic mass is 16.5. The number of nitrogens with one attached hydrogen (secondary N) is 3. The molecule has 1 atom stereocenters. The fourth-order valence-corrected chi connectivity index (χ4v) is 3.82. The van der Waals surface area contributed by atoms with Crippen molar-refractivity contribution in [2.24, 2.45) is 11.3 Å². The lowest BCUT2D eigenvalue weighted by atomic mass is 9.76. The predicted octanol–water partition coefficient (Wildman–Crippen LogP) is 2.19. The molecule has 200 valence electrons. The Labute approximate surface area is 211 Å². The van der Waals surface area contributed by atoms with Gasteiger partial charge in [0.1, 0.15) is 11.5 Å². The van der Waals surface area contributed by atoms with Gasteiger partial charge < -0.3 is 9.84 Å². The van der Waals surface area contributed by atoms with E-state index in [-0.39, 0.29) is 12.4 Å². The maximum Gasteiger partial charge on any atom is 0.328 e. The highest BCUT2D eigenvalue weighted by Crippen LogP contribution is 2.32. The second-order valence-electron chi connectivity index (χ2n) is 8.57. The largest absolute Gasteiger partial charge is 0.481 e.